The molecule has 0 saturated carbocycles. The first kappa shape index (κ1) is 25.0. The van der Waals surface area contributed by atoms with Crippen molar-refractivity contribution in [3.63, 3.8) is 0 Å². The topological polar surface area (TPSA) is 72.2 Å². The maximum Gasteiger partial charge on any atom is 0.416 e. The second kappa shape index (κ2) is 8.71. The van der Waals surface area contributed by atoms with E-state index < -0.39 is 52.4 Å². The van der Waals surface area contributed by atoms with E-state index in [4.69, 9.17) is 28.9 Å². The summed E-state index contributed by atoms with van der Waals surface area (Å²) in [4.78, 5) is 25.5. The van der Waals surface area contributed by atoms with Gasteiger partial charge in [-0.15, -0.1) is 0 Å². The van der Waals surface area contributed by atoms with Gasteiger partial charge in [-0.05, 0) is 64.9 Å². The van der Waals surface area contributed by atoms with Gasteiger partial charge < -0.3 is 11.1 Å². The molecule has 1 heterocycles. The lowest BCUT2D eigenvalue weighted by Gasteiger charge is -2.21. The largest absolute Gasteiger partial charge is 0.416 e. The van der Waals surface area contributed by atoms with Crippen molar-refractivity contribution >= 4 is 45.8 Å². The molecular weight excluding hydrogens is 538 g/mol. The summed E-state index contributed by atoms with van der Waals surface area (Å²) in [6, 6.07) is 8.94. The van der Waals surface area contributed by atoms with E-state index in [9.17, 15) is 27.2 Å². The van der Waals surface area contributed by atoms with E-state index in [2.05, 4.69) is 5.32 Å². The molecule has 0 spiro atoms. The average Bonchev–Trinajstić information content (AvgIpc) is 3.16. The number of primary amides is 1. The van der Waals surface area contributed by atoms with Crippen LogP contribution >= 0.6 is 23.2 Å². The third kappa shape index (κ3) is 4.18. The number of benzene rings is 4. The summed E-state index contributed by atoms with van der Waals surface area (Å²) in [5.74, 6) is -4.02. The Morgan fingerprint density at radius 1 is 0.946 bits per heavy atom. The molecule has 0 saturated heterocycles. The minimum absolute atomic E-state index is 0.0232. The average molecular weight is 551 g/mol. The molecule has 37 heavy (non-hydrogen) atoms. The Morgan fingerprint density at radius 3 is 2.35 bits per heavy atom. The van der Waals surface area contributed by atoms with E-state index in [0.29, 0.717) is 16.8 Å². The number of hydrogen-bond donors (Lipinski definition) is 2. The zero-order valence-corrected chi connectivity index (χ0v) is 19.8. The summed E-state index contributed by atoms with van der Waals surface area (Å²) in [7, 11) is 0. The van der Waals surface area contributed by atoms with E-state index in [0.717, 1.165) is 12.1 Å². The van der Waals surface area contributed by atoms with Crippen LogP contribution in [0.5, 0.6) is 0 Å². The fourth-order valence-electron chi connectivity index (χ4n) is 4.62. The van der Waals surface area contributed by atoms with Gasteiger partial charge in [-0.25, -0.2) is 8.78 Å². The molecule has 4 aromatic carbocycles. The molecule has 11 heteroatoms. The zero-order chi connectivity index (χ0) is 26.8. The van der Waals surface area contributed by atoms with Crippen LogP contribution in [0.25, 0.3) is 21.9 Å². The maximum absolute atomic E-state index is 15.5. The molecule has 1 atom stereocenters. The molecule has 2 amide bonds. The number of fused-ring (bicyclic) bond motifs is 3. The predicted octanol–water partition coefficient (Wildman–Crippen LogP) is 7.04. The van der Waals surface area contributed by atoms with Crippen molar-refractivity contribution in [1.82, 2.24) is 5.32 Å². The van der Waals surface area contributed by atoms with Crippen LogP contribution in [0.2, 0.25) is 10.0 Å². The normalized spacial score (nSPS) is 15.1. The van der Waals surface area contributed by atoms with Gasteiger partial charge in [-0.1, -0.05) is 29.3 Å². The van der Waals surface area contributed by atoms with Crippen molar-refractivity contribution in [1.29, 1.82) is 0 Å². The van der Waals surface area contributed by atoms with Crippen LogP contribution in [0, 0.1) is 11.6 Å². The summed E-state index contributed by atoms with van der Waals surface area (Å²) < 4.78 is 69.8. The Balaban J connectivity index is 1.93. The van der Waals surface area contributed by atoms with Gasteiger partial charge in [0.05, 0.1) is 22.7 Å². The van der Waals surface area contributed by atoms with E-state index >= 15 is 4.39 Å². The molecule has 0 aromatic heterocycles. The Kier molecular flexibility index (Phi) is 5.88. The Labute approximate surface area is 215 Å². The lowest BCUT2D eigenvalue weighted by molar-refractivity contribution is -0.137. The fraction of sp³-hybridized carbons (Fsp3) is 0.0769. The number of nitrogens with two attached hydrogens (primary N) is 1. The Hall–Kier alpha value is -3.69. The van der Waals surface area contributed by atoms with Gasteiger partial charge in [0.2, 0.25) is 5.91 Å². The standard InChI is InChI=1S/C26H13Cl2F5N2O2/c27-12-2-1-10-5-16(20-17(24(34)36)6-11(7-19(20)30)26(31,32)33)21-22(14(10)8-12)25(37)35-23(21)15-9-13(29)3-4-18(15)28/h1-9,23H,(H2,34,36)(H,35,37). The first-order valence-corrected chi connectivity index (χ1v) is 11.3. The molecule has 0 aliphatic carbocycles. The van der Waals surface area contributed by atoms with Crippen molar-refractivity contribution in [2.75, 3.05) is 0 Å². The van der Waals surface area contributed by atoms with Crippen molar-refractivity contribution in [2.24, 2.45) is 5.73 Å². The quantitative estimate of drug-likeness (QED) is 0.268. The van der Waals surface area contributed by atoms with Crippen molar-refractivity contribution in [2.45, 2.75) is 12.2 Å². The van der Waals surface area contributed by atoms with Gasteiger partial charge in [0.25, 0.3) is 5.91 Å². The van der Waals surface area contributed by atoms with Gasteiger partial charge in [0, 0.05) is 26.7 Å². The van der Waals surface area contributed by atoms with Crippen molar-refractivity contribution < 1.29 is 31.5 Å². The highest BCUT2D eigenvalue weighted by Gasteiger charge is 2.38. The molecule has 0 radical (unpaired) electrons. The van der Waals surface area contributed by atoms with Crippen LogP contribution in [0.15, 0.2) is 54.6 Å². The van der Waals surface area contributed by atoms with Crippen LogP contribution in [-0.2, 0) is 6.18 Å². The van der Waals surface area contributed by atoms with Crippen LogP contribution in [0.3, 0.4) is 0 Å². The van der Waals surface area contributed by atoms with Crippen LogP contribution in [0.1, 0.15) is 43.4 Å². The number of nitrogens with one attached hydrogen (secondary N) is 1. The van der Waals surface area contributed by atoms with Crippen molar-refractivity contribution in [3.05, 3.63) is 104 Å². The maximum atomic E-state index is 15.5. The first-order valence-electron chi connectivity index (χ1n) is 10.6. The smallest absolute Gasteiger partial charge is 0.366 e. The highest BCUT2D eigenvalue weighted by atomic mass is 35.5. The monoisotopic (exact) mass is 550 g/mol. The molecule has 1 unspecified atom stereocenters. The van der Waals surface area contributed by atoms with E-state index in [-0.39, 0.29) is 38.4 Å². The molecule has 1 aliphatic heterocycles. The summed E-state index contributed by atoms with van der Waals surface area (Å²) in [5.41, 5.74) is 2.82. The number of alkyl halides is 3. The third-order valence-corrected chi connectivity index (χ3v) is 6.74. The molecule has 1 aliphatic rings. The van der Waals surface area contributed by atoms with E-state index in [1.807, 2.05) is 0 Å². The first-order chi connectivity index (χ1) is 17.4. The summed E-state index contributed by atoms with van der Waals surface area (Å²) in [6.07, 6.45) is -4.96. The van der Waals surface area contributed by atoms with Gasteiger partial charge in [0.1, 0.15) is 11.6 Å². The van der Waals surface area contributed by atoms with Crippen LogP contribution in [0.4, 0.5) is 22.0 Å². The third-order valence-electron chi connectivity index (χ3n) is 6.16. The minimum atomic E-state index is -4.96. The number of hydrogen-bond acceptors (Lipinski definition) is 2. The number of carbonyl (C=O) groups excluding carboxylic acids is 2. The van der Waals surface area contributed by atoms with E-state index in [1.54, 1.807) is 0 Å². The van der Waals surface area contributed by atoms with E-state index in [1.165, 1.54) is 30.3 Å². The lowest BCUT2D eigenvalue weighted by Crippen LogP contribution is -2.21. The molecule has 0 bridgehead atoms. The second-order valence-corrected chi connectivity index (χ2v) is 9.24. The van der Waals surface area contributed by atoms with Gasteiger partial charge in [-0.3, -0.25) is 9.59 Å². The molecular formula is C26H13Cl2F5N2O2. The minimum Gasteiger partial charge on any atom is -0.366 e. The number of carbonyl (C=O) groups is 2. The van der Waals surface area contributed by atoms with Gasteiger partial charge >= 0.3 is 6.18 Å². The second-order valence-electron chi connectivity index (χ2n) is 8.39. The molecule has 3 N–H and O–H groups in total. The van der Waals surface area contributed by atoms with Gasteiger partial charge in [-0.2, -0.15) is 13.2 Å². The number of halogens is 7. The summed E-state index contributed by atoms with van der Waals surface area (Å²) >= 11 is 12.5. The fourth-order valence-corrected chi connectivity index (χ4v) is 5.02. The molecule has 4 aromatic rings. The molecule has 4 nitrogen and oxygen atoms in total. The highest BCUT2D eigenvalue weighted by Crippen LogP contribution is 2.46. The Bertz CT molecular complexity index is 1650. The zero-order valence-electron chi connectivity index (χ0n) is 18.3. The Morgan fingerprint density at radius 2 is 1.68 bits per heavy atom. The number of rotatable bonds is 3. The van der Waals surface area contributed by atoms with Gasteiger partial charge in [0.15, 0.2) is 0 Å². The van der Waals surface area contributed by atoms with Crippen LogP contribution < -0.4 is 11.1 Å². The summed E-state index contributed by atoms with van der Waals surface area (Å²) in [5, 5.41) is 3.76. The van der Waals surface area contributed by atoms with Crippen LogP contribution in [-0.4, -0.2) is 11.8 Å². The highest BCUT2D eigenvalue weighted by molar-refractivity contribution is 6.32. The number of amides is 2. The van der Waals surface area contributed by atoms with Crippen molar-refractivity contribution in [3.8, 4) is 11.1 Å². The SMILES string of the molecule is NC(=O)c1cc(C(F)(F)F)cc(F)c1-c1cc2ccc(Cl)cc2c2c1C(c1cc(F)ccc1Cl)NC2=O. The summed E-state index contributed by atoms with van der Waals surface area (Å²) in [6.45, 7) is 0. The molecule has 5 rings (SSSR count). The lowest BCUT2D eigenvalue weighted by atomic mass is 9.84. The molecule has 188 valence electrons. The molecule has 0 fully saturated rings. The predicted molar refractivity (Wildman–Crippen MR) is 129 cm³/mol.